The van der Waals surface area contributed by atoms with Crippen LogP contribution in [0.2, 0.25) is 0 Å². The number of hydrogen-bond donors (Lipinski definition) is 1. The van der Waals surface area contributed by atoms with E-state index < -0.39 is 0 Å². The van der Waals surface area contributed by atoms with Gasteiger partial charge in [0.05, 0.1) is 16.7 Å². The molecule has 11 rings (SSSR count). The third-order valence-electron chi connectivity index (χ3n) is 10.6. The molecule has 10 aromatic rings. The molecule has 1 N–H and O–H groups in total. The first kappa shape index (κ1) is 30.4. The van der Waals surface area contributed by atoms with Crippen LogP contribution in [0.4, 0.5) is 0 Å². The maximum Gasteiger partial charge on any atom is 0.159 e. The molecule has 2 aromatic heterocycles. The van der Waals surface area contributed by atoms with Crippen molar-refractivity contribution in [1.82, 2.24) is 9.88 Å². The van der Waals surface area contributed by atoms with Crippen LogP contribution < -0.4 is 5.32 Å². The van der Waals surface area contributed by atoms with Crippen LogP contribution in [-0.4, -0.2) is 16.2 Å². The number of furan rings is 1. The Morgan fingerprint density at radius 1 is 0.500 bits per heavy atom. The van der Waals surface area contributed by atoms with Crippen molar-refractivity contribution in [2.75, 3.05) is 0 Å². The molecule has 54 heavy (non-hydrogen) atoms. The topological polar surface area (TPSA) is 54.8 Å². The number of aromatic nitrogens is 1. The van der Waals surface area contributed by atoms with E-state index in [1.165, 1.54) is 16.2 Å². The van der Waals surface area contributed by atoms with Gasteiger partial charge in [-0.2, -0.15) is 0 Å². The van der Waals surface area contributed by atoms with Crippen molar-refractivity contribution < 1.29 is 4.42 Å². The Labute approximate surface area is 311 Å². The number of aliphatic imine (C=N–C) groups is 2. The van der Waals surface area contributed by atoms with Crippen LogP contribution in [0.1, 0.15) is 22.9 Å². The van der Waals surface area contributed by atoms with E-state index in [-0.39, 0.29) is 6.17 Å². The Morgan fingerprint density at radius 2 is 1.11 bits per heavy atom. The highest BCUT2D eigenvalue weighted by atomic mass is 16.3. The molecule has 1 atom stereocenters. The van der Waals surface area contributed by atoms with Gasteiger partial charge in [-0.1, -0.05) is 152 Å². The molecule has 1 unspecified atom stereocenters. The molecule has 1 aliphatic heterocycles. The largest absolute Gasteiger partial charge is 0.453 e. The molecule has 0 amide bonds. The molecule has 0 radical (unpaired) electrons. The highest BCUT2D eigenvalue weighted by Gasteiger charge is 2.24. The molecule has 8 aromatic carbocycles. The van der Waals surface area contributed by atoms with E-state index in [0.29, 0.717) is 5.84 Å². The third-order valence-corrected chi connectivity index (χ3v) is 10.6. The zero-order chi connectivity index (χ0) is 35.6. The second-order valence-corrected chi connectivity index (χ2v) is 13.8. The first-order valence-corrected chi connectivity index (χ1v) is 18.3. The third kappa shape index (κ3) is 4.79. The Bertz CT molecular complexity index is 3080. The minimum absolute atomic E-state index is 0.278. The quantitative estimate of drug-likeness (QED) is 0.195. The lowest BCUT2D eigenvalue weighted by atomic mass is 9.95. The van der Waals surface area contributed by atoms with Gasteiger partial charge in [-0.3, -0.25) is 0 Å². The van der Waals surface area contributed by atoms with Gasteiger partial charge in [0.15, 0.2) is 11.4 Å². The summed E-state index contributed by atoms with van der Waals surface area (Å²) in [7, 11) is 0. The molecule has 0 fully saturated rings. The molecule has 5 heteroatoms. The highest BCUT2D eigenvalue weighted by Crippen LogP contribution is 2.44. The van der Waals surface area contributed by atoms with Gasteiger partial charge in [0.2, 0.25) is 0 Å². The van der Waals surface area contributed by atoms with E-state index in [1.807, 2.05) is 36.4 Å². The molecule has 254 valence electrons. The van der Waals surface area contributed by atoms with Gasteiger partial charge in [0.1, 0.15) is 17.6 Å². The number of rotatable bonds is 5. The average molecular weight is 693 g/mol. The number of fused-ring (bicyclic) bond motifs is 8. The zero-order valence-electron chi connectivity index (χ0n) is 29.1. The van der Waals surface area contributed by atoms with E-state index in [0.717, 1.165) is 77.7 Å². The molecule has 0 aliphatic carbocycles. The van der Waals surface area contributed by atoms with Gasteiger partial charge in [-0.25, -0.2) is 9.98 Å². The second kappa shape index (κ2) is 12.2. The zero-order valence-corrected chi connectivity index (χ0v) is 29.1. The van der Waals surface area contributed by atoms with Gasteiger partial charge in [0, 0.05) is 38.2 Å². The molecule has 0 bridgehead atoms. The first-order valence-electron chi connectivity index (χ1n) is 18.3. The predicted octanol–water partition coefficient (Wildman–Crippen LogP) is 12.0. The van der Waals surface area contributed by atoms with Crippen LogP contribution >= 0.6 is 0 Å². The summed E-state index contributed by atoms with van der Waals surface area (Å²) >= 11 is 0. The Hall–Kier alpha value is -7.24. The Balaban J connectivity index is 1.12. The van der Waals surface area contributed by atoms with Crippen LogP contribution in [0.3, 0.4) is 0 Å². The van der Waals surface area contributed by atoms with E-state index in [9.17, 15) is 0 Å². The minimum Gasteiger partial charge on any atom is -0.453 e. The lowest BCUT2D eigenvalue weighted by Gasteiger charge is -2.24. The molecule has 0 spiro atoms. The van der Waals surface area contributed by atoms with E-state index in [1.54, 1.807) is 0 Å². The molecule has 0 saturated carbocycles. The number of nitrogens with one attached hydrogen (secondary N) is 1. The van der Waals surface area contributed by atoms with Crippen molar-refractivity contribution in [3.63, 3.8) is 0 Å². The summed E-state index contributed by atoms with van der Waals surface area (Å²) in [6.07, 6.45) is -0.278. The summed E-state index contributed by atoms with van der Waals surface area (Å²) in [4.78, 5) is 10.1. The van der Waals surface area contributed by atoms with Gasteiger partial charge < -0.3 is 14.3 Å². The number of hydrogen-bond acceptors (Lipinski definition) is 4. The highest BCUT2D eigenvalue weighted by molar-refractivity contribution is 6.24. The van der Waals surface area contributed by atoms with Gasteiger partial charge >= 0.3 is 0 Å². The number of benzene rings is 8. The van der Waals surface area contributed by atoms with Crippen LogP contribution in [0, 0.1) is 0 Å². The van der Waals surface area contributed by atoms with Crippen LogP contribution in [0.15, 0.2) is 196 Å². The molecule has 3 heterocycles. The first-order chi connectivity index (χ1) is 26.8. The van der Waals surface area contributed by atoms with Gasteiger partial charge in [-0.05, 0) is 52.2 Å². The van der Waals surface area contributed by atoms with Crippen molar-refractivity contribution in [3.8, 4) is 16.8 Å². The smallest absolute Gasteiger partial charge is 0.159 e. The summed E-state index contributed by atoms with van der Waals surface area (Å²) in [6, 6.07) is 63.7. The fourth-order valence-corrected chi connectivity index (χ4v) is 8.16. The van der Waals surface area contributed by atoms with Crippen LogP contribution in [0.25, 0.3) is 71.3 Å². The summed E-state index contributed by atoms with van der Waals surface area (Å²) in [5, 5.41) is 10.6. The fraction of sp³-hybridized carbons (Fsp3) is 0.0204. The van der Waals surface area contributed by atoms with Crippen molar-refractivity contribution in [2.24, 2.45) is 9.98 Å². The monoisotopic (exact) mass is 692 g/mol. The van der Waals surface area contributed by atoms with Crippen LogP contribution in [0.5, 0.6) is 0 Å². The maximum atomic E-state index is 7.15. The second-order valence-electron chi connectivity index (χ2n) is 13.8. The van der Waals surface area contributed by atoms with E-state index in [2.05, 4.69) is 155 Å². The molecule has 0 saturated heterocycles. The molecule has 1 aliphatic rings. The number of para-hydroxylation sites is 3. The number of amidine groups is 2. The minimum atomic E-state index is -0.278. The summed E-state index contributed by atoms with van der Waals surface area (Å²) < 4.78 is 9.50. The lowest BCUT2D eigenvalue weighted by Crippen LogP contribution is -2.33. The predicted molar refractivity (Wildman–Crippen MR) is 223 cm³/mol. The van der Waals surface area contributed by atoms with Crippen LogP contribution in [-0.2, 0) is 0 Å². The Morgan fingerprint density at radius 3 is 1.89 bits per heavy atom. The average Bonchev–Trinajstić information content (AvgIpc) is 3.81. The van der Waals surface area contributed by atoms with E-state index in [4.69, 9.17) is 14.4 Å². The molecule has 5 nitrogen and oxygen atoms in total. The summed E-state index contributed by atoms with van der Waals surface area (Å²) in [6.45, 7) is 0. The Kier molecular flexibility index (Phi) is 6.85. The van der Waals surface area contributed by atoms with E-state index >= 15 is 0 Å². The van der Waals surface area contributed by atoms with Crippen molar-refractivity contribution in [2.45, 2.75) is 6.17 Å². The summed E-state index contributed by atoms with van der Waals surface area (Å²) in [5.41, 5.74) is 10.1. The maximum absolute atomic E-state index is 7.15. The standard InChI is InChI=1S/C49H32N4O/c1-3-15-31(16-4-1)47-50-48(32-17-5-2-6-18-32)52-49(51-47)35-21-13-20-33(29-35)40-30-34-19-7-8-22-36(34)44-39-25-14-28-43(45(39)54-46(40)44)53-41-26-11-9-23-37(41)38-24-10-12-27-42(38)53/h1-30,47H,(H,50,51,52). The number of nitrogens with zero attached hydrogens (tertiary/aromatic N) is 3. The van der Waals surface area contributed by atoms with Crippen molar-refractivity contribution >= 4 is 66.2 Å². The van der Waals surface area contributed by atoms with Gasteiger partial charge in [0.25, 0.3) is 0 Å². The lowest BCUT2D eigenvalue weighted by molar-refractivity contribution is 0.667. The SMILES string of the molecule is c1ccc(C2=NC(c3ccccc3)NC(c3cccc(-c4cc5ccccc5c5c4oc4c(-n6c7ccccc7c7ccccc76)cccc45)c3)=N2)cc1. The van der Waals surface area contributed by atoms with Gasteiger partial charge in [-0.15, -0.1) is 0 Å². The molecular formula is C49H32N4O. The fourth-order valence-electron chi connectivity index (χ4n) is 8.16. The summed E-state index contributed by atoms with van der Waals surface area (Å²) in [5.74, 6) is 1.47. The normalized spacial score (nSPS) is 14.5. The van der Waals surface area contributed by atoms with Crippen molar-refractivity contribution in [1.29, 1.82) is 0 Å². The molecular weight excluding hydrogens is 661 g/mol. The van der Waals surface area contributed by atoms with Crippen molar-refractivity contribution in [3.05, 3.63) is 199 Å².